The van der Waals surface area contributed by atoms with Gasteiger partial charge in [-0.15, -0.1) is 0 Å². The Labute approximate surface area is 140 Å². The van der Waals surface area contributed by atoms with Gasteiger partial charge in [0, 0.05) is 5.92 Å². The zero-order chi connectivity index (χ0) is 16.5. The van der Waals surface area contributed by atoms with Crippen LogP contribution in [0.25, 0.3) is 0 Å². The number of aryl methyl sites for hydroxylation is 1. The fourth-order valence-corrected chi connectivity index (χ4v) is 3.89. The molecule has 0 aromatic heterocycles. The lowest BCUT2D eigenvalue weighted by molar-refractivity contribution is 0.498. The van der Waals surface area contributed by atoms with E-state index in [4.69, 9.17) is 4.52 Å². The summed E-state index contributed by atoms with van der Waals surface area (Å²) in [5, 5.41) is 0. The molecular weight excluding hydrogens is 303 g/mol. The van der Waals surface area contributed by atoms with E-state index in [0.717, 1.165) is 12.8 Å². The lowest BCUT2D eigenvalue weighted by atomic mass is 9.99. The van der Waals surface area contributed by atoms with Crippen LogP contribution in [0, 0.1) is 0 Å². The van der Waals surface area contributed by atoms with Crippen molar-refractivity contribution in [2.75, 3.05) is 6.16 Å². The highest BCUT2D eigenvalue weighted by Crippen LogP contribution is 2.34. The summed E-state index contributed by atoms with van der Waals surface area (Å²) in [5.41, 5.74) is 2.54. The summed E-state index contributed by atoms with van der Waals surface area (Å²) in [6, 6.07) is 18.3. The molecule has 122 valence electrons. The molecule has 23 heavy (non-hydrogen) atoms. The van der Waals surface area contributed by atoms with Crippen LogP contribution in [0.2, 0.25) is 0 Å². The summed E-state index contributed by atoms with van der Waals surface area (Å²) in [6.07, 6.45) is 5.01. The van der Waals surface area contributed by atoms with Crippen LogP contribution in [0.5, 0.6) is 5.75 Å². The van der Waals surface area contributed by atoms with Gasteiger partial charge in [0.15, 0.2) is 11.9 Å². The van der Waals surface area contributed by atoms with Gasteiger partial charge in [0.2, 0.25) is 0 Å². The van der Waals surface area contributed by atoms with Crippen molar-refractivity contribution in [3.63, 3.8) is 0 Å². The largest absolute Gasteiger partial charge is 0.556 e. The van der Waals surface area contributed by atoms with E-state index in [1.807, 2.05) is 30.3 Å². The Bertz CT molecular complexity index is 593. The van der Waals surface area contributed by atoms with Gasteiger partial charge in [-0.2, -0.15) is 0 Å². The highest BCUT2D eigenvalue weighted by atomic mass is 31.1. The van der Waals surface area contributed by atoms with Crippen molar-refractivity contribution in [1.82, 2.24) is 0 Å². The van der Waals surface area contributed by atoms with Gasteiger partial charge in [-0.05, 0) is 47.1 Å². The van der Waals surface area contributed by atoms with Crippen molar-refractivity contribution >= 4 is 8.03 Å². The third-order valence-corrected chi connectivity index (χ3v) is 5.24. The van der Waals surface area contributed by atoms with Gasteiger partial charge < -0.3 is 0 Å². The van der Waals surface area contributed by atoms with Gasteiger partial charge >= 0.3 is 8.03 Å². The van der Waals surface area contributed by atoms with Gasteiger partial charge in [0.25, 0.3) is 0 Å². The molecule has 0 N–H and O–H groups in total. The molecule has 0 saturated heterocycles. The maximum absolute atomic E-state index is 12.3. The second kappa shape index (κ2) is 9.47. The van der Waals surface area contributed by atoms with Crippen LogP contribution < -0.4 is 4.52 Å². The van der Waals surface area contributed by atoms with Gasteiger partial charge in [-0.3, -0.25) is 4.52 Å². The molecule has 0 aliphatic heterocycles. The molecule has 2 nitrogen and oxygen atoms in total. The van der Waals surface area contributed by atoms with Crippen molar-refractivity contribution in [3.8, 4) is 5.75 Å². The highest BCUT2D eigenvalue weighted by molar-refractivity contribution is 7.39. The predicted molar refractivity (Wildman–Crippen MR) is 97.6 cm³/mol. The minimum absolute atomic E-state index is 0.281. The van der Waals surface area contributed by atoms with Gasteiger partial charge in [-0.25, -0.2) is 0 Å². The monoisotopic (exact) mass is 329 g/mol. The van der Waals surface area contributed by atoms with E-state index >= 15 is 0 Å². The van der Waals surface area contributed by atoms with Gasteiger partial charge in [0.1, 0.15) is 0 Å². The van der Waals surface area contributed by atoms with Crippen LogP contribution in [0.1, 0.15) is 50.2 Å². The normalized spacial score (nSPS) is 12.7. The fourth-order valence-electron chi connectivity index (χ4n) is 2.63. The van der Waals surface area contributed by atoms with E-state index in [-0.39, 0.29) is 5.92 Å². The number of unbranched alkanes of at least 4 members (excludes halogenated alkanes) is 1. The minimum atomic E-state index is -1.70. The van der Waals surface area contributed by atoms with E-state index in [9.17, 15) is 4.57 Å². The molecule has 2 aromatic rings. The van der Waals surface area contributed by atoms with Crippen LogP contribution in [0.15, 0.2) is 54.6 Å². The number of benzene rings is 2. The lowest BCUT2D eigenvalue weighted by Crippen LogP contribution is -2.02. The van der Waals surface area contributed by atoms with Crippen molar-refractivity contribution in [2.45, 2.75) is 45.4 Å². The Morgan fingerprint density at radius 1 is 1.00 bits per heavy atom. The highest BCUT2D eigenvalue weighted by Gasteiger charge is 2.26. The first-order valence-corrected chi connectivity index (χ1v) is 9.85. The van der Waals surface area contributed by atoms with E-state index < -0.39 is 8.03 Å². The second-order valence-electron chi connectivity index (χ2n) is 5.87. The maximum Gasteiger partial charge on any atom is 0.556 e. The zero-order valence-corrected chi connectivity index (χ0v) is 15.0. The standard InChI is InChI=1S/C20H26O2P/c1-3-5-9-17-12-14-20(15-13-17)22-23(21)16-18(4-2)19-10-7-6-8-11-19/h6-8,10-15,18H,3-5,9,16H2,1-2H3/q+1. The Morgan fingerprint density at radius 2 is 1.70 bits per heavy atom. The Morgan fingerprint density at radius 3 is 2.30 bits per heavy atom. The lowest BCUT2D eigenvalue weighted by Gasteiger charge is -2.09. The first-order valence-electron chi connectivity index (χ1n) is 8.49. The average molecular weight is 329 g/mol. The molecule has 2 atom stereocenters. The van der Waals surface area contributed by atoms with Gasteiger partial charge in [-0.1, -0.05) is 62.7 Å². The molecule has 3 heteroatoms. The molecule has 2 rings (SSSR count). The molecular formula is C20H26O2P+. The Balaban J connectivity index is 1.91. The molecule has 0 saturated carbocycles. The SMILES string of the molecule is CCCCc1ccc(O[P+](=O)CC(CC)c2ccccc2)cc1. The molecule has 0 aliphatic carbocycles. The van der Waals surface area contributed by atoms with Crippen LogP contribution in [-0.4, -0.2) is 6.16 Å². The zero-order valence-electron chi connectivity index (χ0n) is 14.1. The summed E-state index contributed by atoms with van der Waals surface area (Å²) in [6.45, 7) is 4.32. The fraction of sp³-hybridized carbons (Fsp3) is 0.400. The molecule has 0 amide bonds. The molecule has 0 heterocycles. The van der Waals surface area contributed by atoms with Crippen LogP contribution in [-0.2, 0) is 11.0 Å². The Hall–Kier alpha value is -1.66. The smallest absolute Gasteiger partial charge is 0.254 e. The van der Waals surface area contributed by atoms with Crippen LogP contribution in [0.3, 0.4) is 0 Å². The number of rotatable bonds is 9. The Kier molecular flexibility index (Phi) is 7.29. The van der Waals surface area contributed by atoms with Gasteiger partial charge in [0.05, 0.1) is 0 Å². The molecule has 2 unspecified atom stereocenters. The summed E-state index contributed by atoms with van der Waals surface area (Å²) in [4.78, 5) is 0. The molecule has 0 bridgehead atoms. The van der Waals surface area contributed by atoms with Crippen LogP contribution >= 0.6 is 8.03 Å². The average Bonchev–Trinajstić information content (AvgIpc) is 2.60. The summed E-state index contributed by atoms with van der Waals surface area (Å²) >= 11 is 0. The summed E-state index contributed by atoms with van der Waals surface area (Å²) in [5.74, 6) is 0.984. The quantitative estimate of drug-likeness (QED) is 0.501. The molecule has 0 fully saturated rings. The van der Waals surface area contributed by atoms with Crippen LogP contribution in [0.4, 0.5) is 0 Å². The van der Waals surface area contributed by atoms with Crippen molar-refractivity contribution < 1.29 is 9.09 Å². The van der Waals surface area contributed by atoms with Crippen molar-refractivity contribution in [1.29, 1.82) is 0 Å². The van der Waals surface area contributed by atoms with Crippen molar-refractivity contribution in [3.05, 3.63) is 65.7 Å². The first kappa shape index (κ1) is 17.7. The predicted octanol–water partition coefficient (Wildman–Crippen LogP) is 6.34. The first-order chi connectivity index (χ1) is 11.2. The van der Waals surface area contributed by atoms with E-state index in [0.29, 0.717) is 11.9 Å². The molecule has 0 aliphatic rings. The third kappa shape index (κ3) is 5.80. The maximum atomic E-state index is 12.3. The number of hydrogen-bond donors (Lipinski definition) is 0. The van der Waals surface area contributed by atoms with E-state index in [1.165, 1.54) is 24.0 Å². The van der Waals surface area contributed by atoms with E-state index in [2.05, 4.69) is 38.1 Å². The summed E-state index contributed by atoms with van der Waals surface area (Å²) < 4.78 is 18.0. The molecule has 2 aromatic carbocycles. The summed E-state index contributed by atoms with van der Waals surface area (Å²) in [7, 11) is -1.70. The molecule has 0 spiro atoms. The third-order valence-electron chi connectivity index (χ3n) is 4.08. The minimum Gasteiger partial charge on any atom is -0.254 e. The van der Waals surface area contributed by atoms with E-state index in [1.54, 1.807) is 0 Å². The van der Waals surface area contributed by atoms with Crippen molar-refractivity contribution in [2.24, 2.45) is 0 Å². The molecule has 0 radical (unpaired) electrons. The second-order valence-corrected chi connectivity index (χ2v) is 7.08. The number of hydrogen-bond acceptors (Lipinski definition) is 2. The topological polar surface area (TPSA) is 26.3 Å².